The summed E-state index contributed by atoms with van der Waals surface area (Å²) in [5.41, 5.74) is 0. The van der Waals surface area contributed by atoms with Gasteiger partial charge in [0.1, 0.15) is 13.2 Å². The summed E-state index contributed by atoms with van der Waals surface area (Å²) >= 11 is 0. The number of unbranched alkanes of at least 4 members (excludes halogenated alkanes) is 58. The summed E-state index contributed by atoms with van der Waals surface area (Å²) < 4.78 is 16.9. The Morgan fingerprint density at radius 1 is 0.203 bits per heavy atom. The minimum Gasteiger partial charge on any atom is -0.462 e. The highest BCUT2D eigenvalue weighted by atomic mass is 16.6. The second-order valence-electron chi connectivity index (χ2n) is 25.2. The van der Waals surface area contributed by atoms with Crippen LogP contribution in [0.2, 0.25) is 0 Å². The number of ether oxygens (including phenoxy) is 3. The van der Waals surface area contributed by atoms with Gasteiger partial charge in [-0.15, -0.1) is 0 Å². The van der Waals surface area contributed by atoms with Gasteiger partial charge < -0.3 is 14.2 Å². The molecule has 0 saturated carbocycles. The van der Waals surface area contributed by atoms with Crippen LogP contribution in [0.5, 0.6) is 0 Å². The van der Waals surface area contributed by atoms with E-state index in [1.54, 1.807) is 0 Å². The van der Waals surface area contributed by atoms with Gasteiger partial charge in [-0.2, -0.15) is 0 Å². The van der Waals surface area contributed by atoms with Crippen molar-refractivity contribution in [2.45, 2.75) is 438 Å². The topological polar surface area (TPSA) is 78.9 Å². The van der Waals surface area contributed by atoms with E-state index < -0.39 is 6.10 Å². The van der Waals surface area contributed by atoms with Crippen molar-refractivity contribution in [3.63, 3.8) is 0 Å². The van der Waals surface area contributed by atoms with E-state index in [2.05, 4.69) is 20.8 Å². The Labute approximate surface area is 495 Å². The summed E-state index contributed by atoms with van der Waals surface area (Å²) in [6, 6.07) is 0. The second-order valence-corrected chi connectivity index (χ2v) is 25.2. The fourth-order valence-corrected chi connectivity index (χ4v) is 11.6. The fraction of sp³-hybridized carbons (Fsp3) is 0.959. The van der Waals surface area contributed by atoms with Gasteiger partial charge >= 0.3 is 17.9 Å². The molecule has 0 fully saturated rings. The van der Waals surface area contributed by atoms with Crippen molar-refractivity contribution >= 4 is 17.9 Å². The molecule has 0 heterocycles. The molecule has 0 aromatic carbocycles. The van der Waals surface area contributed by atoms with E-state index in [1.807, 2.05) is 0 Å². The smallest absolute Gasteiger partial charge is 0.306 e. The Morgan fingerprint density at radius 3 is 0.506 bits per heavy atom. The summed E-state index contributed by atoms with van der Waals surface area (Å²) in [7, 11) is 0. The zero-order valence-corrected chi connectivity index (χ0v) is 54.2. The summed E-state index contributed by atoms with van der Waals surface area (Å²) in [5, 5.41) is 0. The first-order valence-electron chi connectivity index (χ1n) is 36.5. The van der Waals surface area contributed by atoms with Crippen molar-refractivity contribution < 1.29 is 28.6 Å². The first kappa shape index (κ1) is 77.4. The molecule has 0 aliphatic heterocycles. The van der Waals surface area contributed by atoms with Gasteiger partial charge in [0, 0.05) is 19.3 Å². The zero-order chi connectivity index (χ0) is 57.1. The van der Waals surface area contributed by atoms with E-state index in [4.69, 9.17) is 14.2 Å². The van der Waals surface area contributed by atoms with Crippen LogP contribution in [0.3, 0.4) is 0 Å². The van der Waals surface area contributed by atoms with E-state index >= 15 is 0 Å². The van der Waals surface area contributed by atoms with Crippen molar-refractivity contribution in [2.24, 2.45) is 0 Å². The lowest BCUT2D eigenvalue weighted by Crippen LogP contribution is -2.30. The van der Waals surface area contributed by atoms with Crippen LogP contribution in [-0.2, 0) is 28.6 Å². The van der Waals surface area contributed by atoms with E-state index in [0.29, 0.717) is 19.3 Å². The summed E-state index contributed by atoms with van der Waals surface area (Å²) in [6.07, 6.45) is 81.8. The number of esters is 3. The average Bonchev–Trinajstić information content (AvgIpc) is 3.45. The molecule has 79 heavy (non-hydrogen) atoms. The van der Waals surface area contributed by atoms with Crippen LogP contribution in [0.25, 0.3) is 0 Å². The molecular weight excluding hydrogens is 973 g/mol. The van der Waals surface area contributed by atoms with E-state index in [-0.39, 0.29) is 31.1 Å². The third-order valence-corrected chi connectivity index (χ3v) is 17.1. The Balaban J connectivity index is 3.93. The van der Waals surface area contributed by atoms with Crippen LogP contribution in [0.15, 0.2) is 0 Å². The Morgan fingerprint density at radius 2 is 0.342 bits per heavy atom. The van der Waals surface area contributed by atoms with Crippen molar-refractivity contribution in [3.8, 4) is 0 Å². The van der Waals surface area contributed by atoms with E-state index in [9.17, 15) is 14.4 Å². The second kappa shape index (κ2) is 68.9. The van der Waals surface area contributed by atoms with E-state index in [1.165, 1.54) is 334 Å². The third kappa shape index (κ3) is 67.1. The monoisotopic (exact) mass is 1120 g/mol. The summed E-state index contributed by atoms with van der Waals surface area (Å²) in [4.78, 5) is 38.2. The van der Waals surface area contributed by atoms with Crippen molar-refractivity contribution in [3.05, 3.63) is 0 Å². The van der Waals surface area contributed by atoms with Crippen LogP contribution < -0.4 is 0 Å². The summed E-state index contributed by atoms with van der Waals surface area (Å²) in [5.74, 6) is -0.829. The predicted molar refractivity (Wildman–Crippen MR) is 344 cm³/mol. The molecule has 470 valence electrons. The lowest BCUT2D eigenvalue weighted by molar-refractivity contribution is -0.167. The fourth-order valence-electron chi connectivity index (χ4n) is 11.6. The first-order chi connectivity index (χ1) is 39.0. The third-order valence-electron chi connectivity index (χ3n) is 17.1. The van der Waals surface area contributed by atoms with Crippen LogP contribution in [0.4, 0.5) is 0 Å². The molecule has 0 spiro atoms. The lowest BCUT2D eigenvalue weighted by Gasteiger charge is -2.18. The molecule has 0 amide bonds. The molecule has 0 N–H and O–H groups in total. The largest absolute Gasteiger partial charge is 0.462 e. The van der Waals surface area contributed by atoms with Gasteiger partial charge in [-0.05, 0) is 19.3 Å². The van der Waals surface area contributed by atoms with Gasteiger partial charge in [-0.25, -0.2) is 0 Å². The van der Waals surface area contributed by atoms with Crippen molar-refractivity contribution in [2.75, 3.05) is 13.2 Å². The van der Waals surface area contributed by atoms with Gasteiger partial charge in [0.25, 0.3) is 0 Å². The highest BCUT2D eigenvalue weighted by molar-refractivity contribution is 5.71. The number of rotatable bonds is 69. The van der Waals surface area contributed by atoms with Crippen LogP contribution in [0, 0.1) is 0 Å². The maximum atomic E-state index is 12.9. The maximum absolute atomic E-state index is 12.9. The van der Waals surface area contributed by atoms with Gasteiger partial charge in [-0.3, -0.25) is 14.4 Å². The Hall–Kier alpha value is -1.59. The molecule has 1 atom stereocenters. The van der Waals surface area contributed by atoms with Crippen LogP contribution in [0.1, 0.15) is 432 Å². The van der Waals surface area contributed by atoms with E-state index in [0.717, 1.165) is 57.8 Å². The SMILES string of the molecule is CCCCCCCCCCCCCCCCCCCCCCCCCCCCCCCCCCCCCC(=O)OCC(COC(=O)CCCCCCCCCCC)OC(=O)CCCCCCCCCCCCCCCCCCC. The number of carbonyl (C=O) groups excluding carboxylic acids is 3. The molecule has 6 nitrogen and oxygen atoms in total. The highest BCUT2D eigenvalue weighted by Gasteiger charge is 2.20. The molecule has 6 heteroatoms. The molecular formula is C73H142O6. The lowest BCUT2D eigenvalue weighted by atomic mass is 10.0. The molecule has 0 aliphatic carbocycles. The van der Waals surface area contributed by atoms with Gasteiger partial charge in [0.15, 0.2) is 6.10 Å². The quantitative estimate of drug-likeness (QED) is 0.0343. The molecule has 0 radical (unpaired) electrons. The van der Waals surface area contributed by atoms with Crippen LogP contribution in [-0.4, -0.2) is 37.2 Å². The normalized spacial score (nSPS) is 11.9. The molecule has 0 saturated heterocycles. The number of carbonyl (C=O) groups is 3. The van der Waals surface area contributed by atoms with Gasteiger partial charge in [0.2, 0.25) is 0 Å². The van der Waals surface area contributed by atoms with Crippen molar-refractivity contribution in [1.82, 2.24) is 0 Å². The minimum absolute atomic E-state index is 0.0609. The first-order valence-corrected chi connectivity index (χ1v) is 36.5. The van der Waals surface area contributed by atoms with Crippen molar-refractivity contribution in [1.29, 1.82) is 0 Å². The molecule has 0 bridgehead atoms. The molecule has 0 aliphatic rings. The van der Waals surface area contributed by atoms with Crippen LogP contribution >= 0.6 is 0 Å². The average molecular weight is 1120 g/mol. The van der Waals surface area contributed by atoms with Gasteiger partial charge in [-0.1, -0.05) is 393 Å². The Bertz CT molecular complexity index is 1190. The summed E-state index contributed by atoms with van der Waals surface area (Å²) in [6.45, 7) is 6.71. The predicted octanol–water partition coefficient (Wildman–Crippen LogP) is 25.0. The highest BCUT2D eigenvalue weighted by Crippen LogP contribution is 2.20. The molecule has 1 unspecified atom stereocenters. The zero-order valence-electron chi connectivity index (χ0n) is 54.2. The standard InChI is InChI=1S/C73H142O6/c1-4-7-10-13-16-19-21-23-25-27-28-29-30-31-32-33-34-35-36-37-38-39-40-41-42-43-44-46-47-49-51-54-57-60-63-66-72(75)78-69-70(68-77-71(74)65-62-59-56-53-18-15-12-9-6-3)79-73(76)67-64-61-58-55-52-50-48-45-26-24-22-20-17-14-11-8-5-2/h70H,4-69H2,1-3H3. The van der Waals surface area contributed by atoms with Gasteiger partial charge in [0.05, 0.1) is 0 Å². The molecule has 0 aromatic heterocycles. The Kier molecular flexibility index (Phi) is 67.5. The molecule has 0 rings (SSSR count). The minimum atomic E-state index is -0.762. The number of hydrogen-bond acceptors (Lipinski definition) is 6. The maximum Gasteiger partial charge on any atom is 0.306 e. The molecule has 0 aromatic rings. The number of hydrogen-bond donors (Lipinski definition) is 0.